The smallest absolute Gasteiger partial charge is 0.235 e. The van der Waals surface area contributed by atoms with Gasteiger partial charge >= 0.3 is 0 Å². The lowest BCUT2D eigenvalue weighted by Crippen LogP contribution is -1.99. The van der Waals surface area contributed by atoms with Crippen LogP contribution in [-0.2, 0) is 6.61 Å². The molecule has 2 heterocycles. The lowest BCUT2D eigenvalue weighted by Gasteiger charge is -2.13. The normalized spacial score (nSPS) is 10.9. The van der Waals surface area contributed by atoms with E-state index in [1.165, 1.54) is 23.5 Å². The minimum atomic E-state index is -0.314. The molecule has 0 atom stereocenters. The SMILES string of the molecule is COc1cc(-c2nnc3sc(COc4ccc(F)cc4)nn23)cc(OC)c1OC. The number of aromatic nitrogens is 4. The second kappa shape index (κ2) is 7.92. The third kappa shape index (κ3) is 3.66. The fraction of sp³-hybridized carbons (Fsp3) is 0.211. The fourth-order valence-corrected chi connectivity index (χ4v) is 3.53. The molecule has 0 saturated heterocycles. The van der Waals surface area contributed by atoms with Crippen LogP contribution in [0.25, 0.3) is 16.3 Å². The standard InChI is InChI=1S/C19H17FN4O4S/c1-25-14-8-11(9-15(26-2)17(14)27-3)18-21-22-19-24(18)23-16(29-19)10-28-13-6-4-12(20)5-7-13/h4-9H,10H2,1-3H3. The highest BCUT2D eigenvalue weighted by atomic mass is 32.1. The van der Waals surface area contributed by atoms with E-state index in [1.54, 1.807) is 50.1 Å². The van der Waals surface area contributed by atoms with Crippen molar-refractivity contribution in [2.24, 2.45) is 0 Å². The molecule has 0 fully saturated rings. The third-order valence-electron chi connectivity index (χ3n) is 4.13. The lowest BCUT2D eigenvalue weighted by molar-refractivity contribution is 0.303. The van der Waals surface area contributed by atoms with E-state index in [4.69, 9.17) is 18.9 Å². The van der Waals surface area contributed by atoms with Crippen molar-refractivity contribution < 1.29 is 23.3 Å². The summed E-state index contributed by atoms with van der Waals surface area (Å²) in [5, 5.41) is 13.6. The molecule has 8 nitrogen and oxygen atoms in total. The van der Waals surface area contributed by atoms with Gasteiger partial charge in [-0.25, -0.2) is 4.39 Å². The van der Waals surface area contributed by atoms with Gasteiger partial charge in [-0.3, -0.25) is 0 Å². The Kier molecular flexibility index (Phi) is 5.17. The number of rotatable bonds is 7. The van der Waals surface area contributed by atoms with Crippen molar-refractivity contribution in [1.29, 1.82) is 0 Å². The predicted molar refractivity (Wildman–Crippen MR) is 104 cm³/mol. The van der Waals surface area contributed by atoms with E-state index in [1.807, 2.05) is 0 Å². The number of halogens is 1. The number of fused-ring (bicyclic) bond motifs is 1. The predicted octanol–water partition coefficient (Wildman–Crippen LogP) is 3.60. The molecule has 2 aromatic heterocycles. The van der Waals surface area contributed by atoms with E-state index in [0.717, 1.165) is 0 Å². The van der Waals surface area contributed by atoms with Crippen LogP contribution in [0.3, 0.4) is 0 Å². The van der Waals surface area contributed by atoms with E-state index in [-0.39, 0.29) is 12.4 Å². The van der Waals surface area contributed by atoms with Crippen molar-refractivity contribution in [3.05, 3.63) is 47.2 Å². The maximum Gasteiger partial charge on any atom is 0.235 e. The maximum absolute atomic E-state index is 13.0. The molecule has 0 aliphatic rings. The maximum atomic E-state index is 13.0. The Bertz CT molecular complexity index is 1120. The zero-order valence-corrected chi connectivity index (χ0v) is 16.7. The Morgan fingerprint density at radius 3 is 2.28 bits per heavy atom. The number of nitrogens with zero attached hydrogens (tertiary/aromatic N) is 4. The second-order valence-electron chi connectivity index (χ2n) is 5.87. The van der Waals surface area contributed by atoms with Gasteiger partial charge in [-0.1, -0.05) is 11.3 Å². The average Bonchev–Trinajstić information content (AvgIpc) is 3.32. The van der Waals surface area contributed by atoms with Gasteiger partial charge in [0.05, 0.1) is 21.3 Å². The first-order chi connectivity index (χ1) is 14.1. The zero-order chi connectivity index (χ0) is 20.4. The Balaban J connectivity index is 1.64. The van der Waals surface area contributed by atoms with Gasteiger partial charge in [-0.15, -0.1) is 10.2 Å². The van der Waals surface area contributed by atoms with Crippen molar-refractivity contribution in [1.82, 2.24) is 19.8 Å². The fourth-order valence-electron chi connectivity index (χ4n) is 2.78. The van der Waals surface area contributed by atoms with Gasteiger partial charge in [0.25, 0.3) is 0 Å². The Labute approximate surface area is 169 Å². The summed E-state index contributed by atoms with van der Waals surface area (Å²) in [5.41, 5.74) is 0.711. The molecule has 2 aromatic carbocycles. The number of ether oxygens (including phenoxy) is 4. The topological polar surface area (TPSA) is 80.0 Å². The molecule has 4 aromatic rings. The Morgan fingerprint density at radius 1 is 0.966 bits per heavy atom. The first-order valence-corrected chi connectivity index (χ1v) is 9.34. The first-order valence-electron chi connectivity index (χ1n) is 8.52. The van der Waals surface area contributed by atoms with E-state index in [2.05, 4.69) is 15.3 Å². The van der Waals surface area contributed by atoms with E-state index in [0.29, 0.717) is 44.4 Å². The van der Waals surface area contributed by atoms with Gasteiger partial charge in [-0.05, 0) is 36.4 Å². The minimum absolute atomic E-state index is 0.231. The highest BCUT2D eigenvalue weighted by Crippen LogP contribution is 2.41. The summed E-state index contributed by atoms with van der Waals surface area (Å²) in [6.45, 7) is 0.231. The molecule has 0 spiro atoms. The second-order valence-corrected chi connectivity index (χ2v) is 6.91. The van der Waals surface area contributed by atoms with E-state index >= 15 is 0 Å². The van der Waals surface area contributed by atoms with Crippen LogP contribution in [0, 0.1) is 5.82 Å². The van der Waals surface area contributed by atoms with Crippen LogP contribution in [-0.4, -0.2) is 41.1 Å². The molecule has 0 aliphatic heterocycles. The number of hydrogen-bond donors (Lipinski definition) is 0. The van der Waals surface area contributed by atoms with Crippen LogP contribution in [0.15, 0.2) is 36.4 Å². The quantitative estimate of drug-likeness (QED) is 0.455. The van der Waals surface area contributed by atoms with Gasteiger partial charge in [0.2, 0.25) is 10.7 Å². The molecular weight excluding hydrogens is 399 g/mol. The highest BCUT2D eigenvalue weighted by molar-refractivity contribution is 7.16. The van der Waals surface area contributed by atoms with Gasteiger partial charge in [0.15, 0.2) is 22.3 Å². The van der Waals surface area contributed by atoms with Gasteiger partial charge in [-0.2, -0.15) is 9.61 Å². The van der Waals surface area contributed by atoms with Crippen LogP contribution in [0.5, 0.6) is 23.0 Å². The molecule has 0 unspecified atom stereocenters. The van der Waals surface area contributed by atoms with Crippen molar-refractivity contribution in [2.45, 2.75) is 6.61 Å². The van der Waals surface area contributed by atoms with E-state index < -0.39 is 0 Å². The summed E-state index contributed by atoms with van der Waals surface area (Å²) in [4.78, 5) is 0.617. The lowest BCUT2D eigenvalue weighted by atomic mass is 10.1. The van der Waals surface area contributed by atoms with Gasteiger partial charge in [0, 0.05) is 5.56 Å². The van der Waals surface area contributed by atoms with Gasteiger partial charge < -0.3 is 18.9 Å². The molecule has 0 saturated carbocycles. The van der Waals surface area contributed by atoms with Gasteiger partial charge in [0.1, 0.15) is 18.2 Å². The Morgan fingerprint density at radius 2 is 1.66 bits per heavy atom. The number of hydrogen-bond acceptors (Lipinski definition) is 8. The van der Waals surface area contributed by atoms with Crippen LogP contribution in [0.2, 0.25) is 0 Å². The molecule has 0 radical (unpaired) electrons. The average molecular weight is 416 g/mol. The molecule has 0 N–H and O–H groups in total. The van der Waals surface area contributed by atoms with Crippen molar-refractivity contribution in [3.8, 4) is 34.4 Å². The summed E-state index contributed by atoms with van der Waals surface area (Å²) in [7, 11) is 4.64. The zero-order valence-electron chi connectivity index (χ0n) is 15.9. The summed E-state index contributed by atoms with van der Waals surface area (Å²) in [6.07, 6.45) is 0. The number of benzene rings is 2. The monoisotopic (exact) mass is 416 g/mol. The van der Waals surface area contributed by atoms with Crippen molar-refractivity contribution in [3.63, 3.8) is 0 Å². The molecule has 0 amide bonds. The number of methoxy groups -OCH3 is 3. The Hall–Kier alpha value is -3.40. The summed E-state index contributed by atoms with van der Waals surface area (Å²) in [5.74, 6) is 2.28. The van der Waals surface area contributed by atoms with Crippen LogP contribution in [0.1, 0.15) is 5.01 Å². The minimum Gasteiger partial charge on any atom is -0.493 e. The van der Waals surface area contributed by atoms with Crippen molar-refractivity contribution in [2.75, 3.05) is 21.3 Å². The van der Waals surface area contributed by atoms with Crippen LogP contribution < -0.4 is 18.9 Å². The molecule has 10 heteroatoms. The first kappa shape index (κ1) is 18.9. The summed E-state index contributed by atoms with van der Waals surface area (Å²) in [6, 6.07) is 9.39. The molecular formula is C19H17FN4O4S. The molecule has 4 rings (SSSR count). The third-order valence-corrected chi connectivity index (χ3v) is 5.00. The molecule has 0 bridgehead atoms. The molecule has 150 valence electrons. The molecule has 29 heavy (non-hydrogen) atoms. The van der Waals surface area contributed by atoms with Crippen molar-refractivity contribution >= 4 is 16.3 Å². The van der Waals surface area contributed by atoms with Crippen LogP contribution >= 0.6 is 11.3 Å². The largest absolute Gasteiger partial charge is 0.493 e. The van der Waals surface area contributed by atoms with E-state index in [9.17, 15) is 4.39 Å². The highest BCUT2D eigenvalue weighted by Gasteiger charge is 2.19. The molecule has 0 aliphatic carbocycles. The summed E-state index contributed by atoms with van der Waals surface area (Å²) >= 11 is 1.35. The van der Waals surface area contributed by atoms with Crippen LogP contribution in [0.4, 0.5) is 4.39 Å². The summed E-state index contributed by atoms with van der Waals surface area (Å²) < 4.78 is 36.5.